The first-order valence-electron chi connectivity index (χ1n) is 7.27. The highest BCUT2D eigenvalue weighted by Crippen LogP contribution is 2.45. The van der Waals surface area contributed by atoms with Gasteiger partial charge in [-0.3, -0.25) is 0 Å². The van der Waals surface area contributed by atoms with Gasteiger partial charge in [-0.05, 0) is 79.1 Å². The molecule has 1 aliphatic carbocycles. The average Bonchev–Trinajstić information content (AvgIpc) is 2.45. The van der Waals surface area contributed by atoms with Crippen molar-refractivity contribution in [2.75, 3.05) is 0 Å². The third kappa shape index (κ3) is 2.00. The first-order chi connectivity index (χ1) is 9.91. The van der Waals surface area contributed by atoms with Gasteiger partial charge in [0.25, 0.3) is 0 Å². The Morgan fingerprint density at radius 1 is 1.05 bits per heavy atom. The Bertz CT molecular complexity index is 730. The van der Waals surface area contributed by atoms with Gasteiger partial charge < -0.3 is 15.3 Å². The van der Waals surface area contributed by atoms with E-state index in [1.807, 2.05) is 26.0 Å². The molecule has 0 aliphatic heterocycles. The molecule has 0 bridgehead atoms. The van der Waals surface area contributed by atoms with E-state index in [9.17, 15) is 15.3 Å². The van der Waals surface area contributed by atoms with E-state index >= 15 is 0 Å². The van der Waals surface area contributed by atoms with E-state index in [0.717, 1.165) is 51.8 Å². The fourth-order valence-electron chi connectivity index (χ4n) is 3.35. The summed E-state index contributed by atoms with van der Waals surface area (Å²) >= 11 is 0. The van der Waals surface area contributed by atoms with Gasteiger partial charge in [0.2, 0.25) is 0 Å². The highest BCUT2D eigenvalue weighted by Gasteiger charge is 2.26. The summed E-state index contributed by atoms with van der Waals surface area (Å²) in [5.74, 6) is 0.623. The number of phenols is 2. The summed E-state index contributed by atoms with van der Waals surface area (Å²) in [6, 6.07) is 5.43. The Balaban J connectivity index is 2.38. The molecule has 1 aliphatic rings. The third-order valence-electron chi connectivity index (χ3n) is 4.54. The lowest BCUT2D eigenvalue weighted by Gasteiger charge is -2.27. The fraction of sp³-hybridized carbons (Fsp3) is 0.333. The highest BCUT2D eigenvalue weighted by molar-refractivity contribution is 5.81. The molecule has 3 rings (SSSR count). The number of aryl methyl sites for hydroxylation is 1. The third-order valence-corrected chi connectivity index (χ3v) is 4.54. The van der Waals surface area contributed by atoms with Crippen molar-refractivity contribution in [3.63, 3.8) is 0 Å². The summed E-state index contributed by atoms with van der Waals surface area (Å²) in [6.45, 7) is 5.52. The van der Waals surface area contributed by atoms with Crippen LogP contribution in [0, 0.1) is 13.8 Å². The van der Waals surface area contributed by atoms with Crippen molar-refractivity contribution in [1.82, 2.24) is 0 Å². The first-order valence-corrected chi connectivity index (χ1v) is 7.27. The number of benzene rings is 2. The van der Waals surface area contributed by atoms with Crippen LogP contribution >= 0.6 is 0 Å². The molecule has 0 radical (unpaired) electrons. The predicted octanol–water partition coefficient (Wildman–Crippen LogP) is 3.53. The first kappa shape index (κ1) is 14.0. The van der Waals surface area contributed by atoms with Crippen LogP contribution in [0.3, 0.4) is 0 Å². The number of hydrogen-bond acceptors (Lipinski definition) is 3. The van der Waals surface area contributed by atoms with E-state index in [4.69, 9.17) is 0 Å². The maximum atomic E-state index is 10.4. The van der Waals surface area contributed by atoms with Crippen molar-refractivity contribution in [3.8, 4) is 22.6 Å². The van der Waals surface area contributed by atoms with Gasteiger partial charge >= 0.3 is 0 Å². The number of aliphatic hydroxyl groups is 1. The quantitative estimate of drug-likeness (QED) is 0.750. The normalized spacial score (nSPS) is 14.5. The smallest absolute Gasteiger partial charge is 0.122 e. The molecule has 21 heavy (non-hydrogen) atoms. The summed E-state index contributed by atoms with van der Waals surface area (Å²) in [6.07, 6.45) is 0.914. The zero-order valence-corrected chi connectivity index (χ0v) is 12.6. The zero-order chi connectivity index (χ0) is 15.3. The van der Waals surface area contributed by atoms with E-state index in [1.165, 1.54) is 0 Å². The maximum absolute atomic E-state index is 10.4. The Labute approximate surface area is 124 Å². The minimum atomic E-state index is -0.599. The van der Waals surface area contributed by atoms with E-state index in [1.54, 1.807) is 13.0 Å². The van der Waals surface area contributed by atoms with Gasteiger partial charge in [-0.25, -0.2) is 0 Å². The molecule has 110 valence electrons. The lowest BCUT2D eigenvalue weighted by atomic mass is 9.79. The second-order valence-corrected chi connectivity index (χ2v) is 5.90. The second kappa shape index (κ2) is 4.78. The molecule has 3 N–H and O–H groups in total. The summed E-state index contributed by atoms with van der Waals surface area (Å²) < 4.78 is 0. The van der Waals surface area contributed by atoms with E-state index in [-0.39, 0.29) is 0 Å². The lowest BCUT2D eigenvalue weighted by Crippen LogP contribution is -2.10. The van der Waals surface area contributed by atoms with E-state index in [2.05, 4.69) is 0 Å². The summed E-state index contributed by atoms with van der Waals surface area (Å²) in [4.78, 5) is 0. The Morgan fingerprint density at radius 2 is 1.71 bits per heavy atom. The molecule has 2 aromatic rings. The Morgan fingerprint density at radius 3 is 2.38 bits per heavy atom. The number of fused-ring (bicyclic) bond motifs is 3. The molecule has 0 saturated carbocycles. The maximum Gasteiger partial charge on any atom is 0.122 e. The molecule has 0 saturated heterocycles. The number of aromatic hydroxyl groups is 2. The van der Waals surface area contributed by atoms with Crippen LogP contribution in [0.2, 0.25) is 0 Å². The van der Waals surface area contributed by atoms with Crippen molar-refractivity contribution in [2.24, 2.45) is 0 Å². The predicted molar refractivity (Wildman–Crippen MR) is 82.7 cm³/mol. The number of rotatable bonds is 1. The van der Waals surface area contributed by atoms with Crippen molar-refractivity contribution in [3.05, 3.63) is 46.0 Å². The molecule has 3 nitrogen and oxygen atoms in total. The molecule has 1 unspecified atom stereocenters. The minimum absolute atomic E-state index is 0.298. The van der Waals surface area contributed by atoms with Crippen LogP contribution in [0.25, 0.3) is 11.1 Å². The van der Waals surface area contributed by atoms with Gasteiger partial charge in [-0.1, -0.05) is 6.07 Å². The van der Waals surface area contributed by atoms with Crippen LogP contribution in [0.1, 0.15) is 40.8 Å². The van der Waals surface area contributed by atoms with Crippen molar-refractivity contribution < 1.29 is 15.3 Å². The molecule has 1 atom stereocenters. The standard InChI is InChI=1S/C18H20O3/c1-9-8-15(11(3)19)17-13-6-7-16(20)10(2)12(13)4-5-14(17)18(9)21/h6-8,11,19-21H,4-5H2,1-3H3. The van der Waals surface area contributed by atoms with E-state index < -0.39 is 6.10 Å². The zero-order valence-electron chi connectivity index (χ0n) is 12.6. The number of hydrogen-bond donors (Lipinski definition) is 3. The molecule has 0 aromatic heterocycles. The van der Waals surface area contributed by atoms with Gasteiger partial charge in [-0.2, -0.15) is 0 Å². The second-order valence-electron chi connectivity index (χ2n) is 5.90. The Kier molecular flexibility index (Phi) is 3.18. The van der Waals surface area contributed by atoms with Crippen LogP contribution in [0.5, 0.6) is 11.5 Å². The molecule has 3 heteroatoms. The number of aliphatic hydroxyl groups excluding tert-OH is 1. The molecule has 0 fully saturated rings. The minimum Gasteiger partial charge on any atom is -0.508 e. The van der Waals surface area contributed by atoms with Crippen LogP contribution < -0.4 is 0 Å². The van der Waals surface area contributed by atoms with Gasteiger partial charge in [0.05, 0.1) is 6.10 Å². The largest absolute Gasteiger partial charge is 0.508 e. The SMILES string of the molecule is Cc1cc(C(C)O)c2c(c1O)CCc1c-2ccc(O)c1C. The summed E-state index contributed by atoms with van der Waals surface area (Å²) in [5.41, 5.74) is 6.47. The van der Waals surface area contributed by atoms with Crippen LogP contribution in [-0.4, -0.2) is 15.3 Å². The van der Waals surface area contributed by atoms with E-state index in [0.29, 0.717) is 11.5 Å². The average molecular weight is 284 g/mol. The van der Waals surface area contributed by atoms with Gasteiger partial charge in [0.1, 0.15) is 11.5 Å². The van der Waals surface area contributed by atoms with Gasteiger partial charge in [0, 0.05) is 5.56 Å². The molecule has 0 spiro atoms. The molecule has 0 amide bonds. The molecular formula is C18H20O3. The lowest BCUT2D eigenvalue weighted by molar-refractivity contribution is 0.199. The molecule has 0 heterocycles. The topological polar surface area (TPSA) is 60.7 Å². The van der Waals surface area contributed by atoms with Crippen molar-refractivity contribution >= 4 is 0 Å². The Hall–Kier alpha value is -2.00. The number of phenolic OH excluding ortho intramolecular Hbond substituents is 2. The highest BCUT2D eigenvalue weighted by atomic mass is 16.3. The van der Waals surface area contributed by atoms with Crippen molar-refractivity contribution in [2.45, 2.75) is 39.7 Å². The summed E-state index contributed by atoms with van der Waals surface area (Å²) in [5, 5.41) is 30.4. The van der Waals surface area contributed by atoms with Crippen LogP contribution in [0.4, 0.5) is 0 Å². The fourth-order valence-corrected chi connectivity index (χ4v) is 3.35. The van der Waals surface area contributed by atoms with Gasteiger partial charge in [-0.15, -0.1) is 0 Å². The van der Waals surface area contributed by atoms with Crippen LogP contribution in [0.15, 0.2) is 18.2 Å². The van der Waals surface area contributed by atoms with Crippen molar-refractivity contribution in [1.29, 1.82) is 0 Å². The molecule has 2 aromatic carbocycles. The monoisotopic (exact) mass is 284 g/mol. The molecular weight excluding hydrogens is 264 g/mol. The summed E-state index contributed by atoms with van der Waals surface area (Å²) in [7, 11) is 0. The van der Waals surface area contributed by atoms with Crippen LogP contribution in [-0.2, 0) is 12.8 Å². The van der Waals surface area contributed by atoms with Gasteiger partial charge in [0.15, 0.2) is 0 Å².